The number of ether oxygens (including phenoxy) is 3. The molecule has 2 aromatic heterocycles. The van der Waals surface area contributed by atoms with Gasteiger partial charge >= 0.3 is 6.09 Å². The van der Waals surface area contributed by atoms with Crippen molar-refractivity contribution in [2.45, 2.75) is 76.9 Å². The average Bonchev–Trinajstić information content (AvgIpc) is 3.82. The molecule has 2 spiro atoms. The number of likely N-dealkylation sites (tertiary alicyclic amines) is 2. The summed E-state index contributed by atoms with van der Waals surface area (Å²) >= 11 is 0. The highest BCUT2D eigenvalue weighted by molar-refractivity contribution is 5.86. The van der Waals surface area contributed by atoms with Crippen molar-refractivity contribution in [2.24, 2.45) is 22.7 Å². The number of imidazole rings is 2. The minimum Gasteiger partial charge on any atom is -0.453 e. The molecule has 3 amide bonds. The predicted molar refractivity (Wildman–Crippen MR) is 214 cm³/mol. The Kier molecular flexibility index (Phi) is 10.6. The van der Waals surface area contributed by atoms with Gasteiger partial charge in [0.25, 0.3) is 0 Å². The maximum absolute atomic E-state index is 13.8. The minimum absolute atomic E-state index is 0.0135. The van der Waals surface area contributed by atoms with Crippen molar-refractivity contribution in [3.05, 3.63) is 71.4 Å². The van der Waals surface area contributed by atoms with Crippen LogP contribution >= 0.6 is 0 Å². The lowest BCUT2D eigenvalue weighted by atomic mass is 10.0. The van der Waals surface area contributed by atoms with Gasteiger partial charge in [-0.05, 0) is 91.2 Å². The summed E-state index contributed by atoms with van der Waals surface area (Å²) in [5.41, 5.74) is 5.67. The van der Waals surface area contributed by atoms with Crippen LogP contribution in [0.25, 0.3) is 22.3 Å². The van der Waals surface area contributed by atoms with Crippen LogP contribution in [-0.2, 0) is 23.8 Å². The fourth-order valence-electron chi connectivity index (χ4n) is 8.85. The average molecular weight is 776 g/mol. The molecule has 0 radical (unpaired) electrons. The first-order valence-corrected chi connectivity index (χ1v) is 20.1. The number of carbonyl (C=O) groups excluding carboxylic acids is 3. The van der Waals surface area contributed by atoms with Crippen molar-refractivity contribution in [1.82, 2.24) is 35.1 Å². The number of aromatic nitrogens is 4. The summed E-state index contributed by atoms with van der Waals surface area (Å²) in [5.74, 6) is 8.12. The molecule has 13 heteroatoms. The summed E-state index contributed by atoms with van der Waals surface area (Å²) in [6.07, 6.45) is 7.84. The molecule has 13 nitrogen and oxygen atoms in total. The van der Waals surface area contributed by atoms with Gasteiger partial charge in [0.15, 0.2) is 0 Å². The van der Waals surface area contributed by atoms with Gasteiger partial charge in [-0.25, -0.2) is 14.8 Å². The fourth-order valence-corrected chi connectivity index (χ4v) is 8.85. The van der Waals surface area contributed by atoms with Gasteiger partial charge in [0.2, 0.25) is 11.8 Å². The Morgan fingerprint density at radius 1 is 0.860 bits per heavy atom. The Bertz CT molecular complexity index is 2180. The third kappa shape index (κ3) is 8.16. The molecular formula is C44H53N7O6. The Morgan fingerprint density at radius 2 is 1.49 bits per heavy atom. The van der Waals surface area contributed by atoms with E-state index >= 15 is 0 Å². The second-order valence-electron chi connectivity index (χ2n) is 17.1. The van der Waals surface area contributed by atoms with Gasteiger partial charge in [0.05, 0.1) is 55.3 Å². The first-order chi connectivity index (χ1) is 27.5. The Labute approximate surface area is 333 Å². The van der Waals surface area contributed by atoms with E-state index in [2.05, 4.69) is 27.1 Å². The topological polar surface area (TPSA) is 155 Å². The lowest BCUT2D eigenvalue weighted by molar-refractivity contribution is -0.136. The maximum Gasteiger partial charge on any atom is 0.407 e. The Balaban J connectivity index is 0.944. The van der Waals surface area contributed by atoms with E-state index in [1.807, 2.05) is 72.3 Å². The molecule has 0 unspecified atom stereocenters. The van der Waals surface area contributed by atoms with Crippen LogP contribution in [0.15, 0.2) is 48.7 Å². The van der Waals surface area contributed by atoms with E-state index < -0.39 is 12.1 Å². The molecule has 2 aromatic carbocycles. The second-order valence-corrected chi connectivity index (χ2v) is 17.1. The molecule has 8 rings (SSSR count). The van der Waals surface area contributed by atoms with Crippen LogP contribution in [0.1, 0.15) is 93.7 Å². The SMILES string of the molecule is COCC(COC)CC(=O)N1CC2(CC2)C[C@H]1c1nc2ccc(C#Cc3ccc(-c4cnc([C@@H]5CC6(CC6)CN5C(=O)[C@@H](NC(=O)OC)C(C)C)[nH]4)cc3)cc2[nH]1. The predicted octanol–water partition coefficient (Wildman–Crippen LogP) is 6.14. The highest BCUT2D eigenvalue weighted by atomic mass is 16.5. The molecule has 2 saturated heterocycles. The minimum atomic E-state index is -0.683. The number of amides is 3. The number of methoxy groups -OCH3 is 3. The van der Waals surface area contributed by atoms with Crippen LogP contribution < -0.4 is 5.32 Å². The van der Waals surface area contributed by atoms with E-state index in [-0.39, 0.29) is 46.6 Å². The third-order valence-corrected chi connectivity index (χ3v) is 12.5. The molecule has 2 aliphatic heterocycles. The van der Waals surface area contributed by atoms with Gasteiger partial charge < -0.3 is 39.3 Å². The number of carbonyl (C=O) groups is 3. The smallest absolute Gasteiger partial charge is 0.407 e. The lowest BCUT2D eigenvalue weighted by Crippen LogP contribution is -2.51. The number of hydrogen-bond acceptors (Lipinski definition) is 8. The van der Waals surface area contributed by atoms with Crippen LogP contribution in [0.2, 0.25) is 0 Å². The van der Waals surface area contributed by atoms with E-state index in [4.69, 9.17) is 24.2 Å². The van der Waals surface area contributed by atoms with Crippen LogP contribution in [0, 0.1) is 34.5 Å². The molecule has 300 valence electrons. The quantitative estimate of drug-likeness (QED) is 0.145. The van der Waals surface area contributed by atoms with E-state index in [0.717, 1.165) is 90.1 Å². The molecule has 3 atom stereocenters. The summed E-state index contributed by atoms with van der Waals surface area (Å²) < 4.78 is 15.5. The second kappa shape index (κ2) is 15.6. The van der Waals surface area contributed by atoms with Crippen molar-refractivity contribution in [3.8, 4) is 23.1 Å². The van der Waals surface area contributed by atoms with Crippen LogP contribution in [0.4, 0.5) is 4.79 Å². The largest absolute Gasteiger partial charge is 0.453 e. The van der Waals surface area contributed by atoms with Gasteiger partial charge in [-0.3, -0.25) is 9.59 Å². The standard InChI is InChI=1S/C44H53N7O6/c1-27(2)38(49-42(54)57-5)41(53)51-26-44(16-17-44)20-35(51)39-45-22-34(48-39)31-11-8-28(9-12-31)6-7-29-10-13-32-33(18-29)47-40(46-32)36-21-43(14-15-43)25-50(36)37(52)19-30(23-55-3)24-56-4/h8-13,18,22,27,30,35-36,38H,14-17,19-21,23-26H2,1-5H3,(H,45,48)(H,46,47)(H,49,54)/t35-,36-,38-/m0/s1. The molecule has 0 bridgehead atoms. The number of alkyl carbamates (subject to hydrolysis) is 1. The number of nitrogens with zero attached hydrogens (tertiary/aromatic N) is 4. The fraction of sp³-hybridized carbons (Fsp3) is 0.523. The highest BCUT2D eigenvalue weighted by Gasteiger charge is 2.56. The normalized spacial score (nSPS) is 20.7. The molecule has 4 fully saturated rings. The van der Waals surface area contributed by atoms with E-state index in [1.165, 1.54) is 7.11 Å². The number of benzene rings is 2. The summed E-state index contributed by atoms with van der Waals surface area (Å²) in [6, 6.07) is 13.1. The first-order valence-electron chi connectivity index (χ1n) is 20.1. The van der Waals surface area contributed by atoms with Gasteiger partial charge in [0.1, 0.15) is 17.7 Å². The summed E-state index contributed by atoms with van der Waals surface area (Å²) in [6.45, 7) is 6.24. The van der Waals surface area contributed by atoms with Crippen LogP contribution in [0.3, 0.4) is 0 Å². The number of nitrogens with one attached hydrogen (secondary N) is 3. The molecule has 4 heterocycles. The molecule has 4 aliphatic rings. The molecule has 4 aromatic rings. The molecule has 57 heavy (non-hydrogen) atoms. The zero-order chi connectivity index (χ0) is 39.9. The number of fused-ring (bicyclic) bond motifs is 1. The number of hydrogen-bond donors (Lipinski definition) is 3. The molecule has 2 saturated carbocycles. The van der Waals surface area contributed by atoms with E-state index in [0.29, 0.717) is 26.2 Å². The van der Waals surface area contributed by atoms with E-state index in [9.17, 15) is 14.4 Å². The monoisotopic (exact) mass is 775 g/mol. The van der Waals surface area contributed by atoms with Gasteiger partial charge in [-0.1, -0.05) is 37.8 Å². The van der Waals surface area contributed by atoms with Crippen LogP contribution in [-0.4, -0.2) is 101 Å². The molecular weight excluding hydrogens is 723 g/mol. The van der Waals surface area contributed by atoms with Crippen molar-refractivity contribution in [2.75, 3.05) is 47.6 Å². The molecule has 3 N–H and O–H groups in total. The summed E-state index contributed by atoms with van der Waals surface area (Å²) in [4.78, 5) is 60.2. The zero-order valence-corrected chi connectivity index (χ0v) is 33.5. The Hall–Kier alpha value is -5.19. The van der Waals surface area contributed by atoms with Gasteiger partial charge in [-0.15, -0.1) is 0 Å². The van der Waals surface area contributed by atoms with E-state index in [1.54, 1.807) is 14.2 Å². The number of rotatable bonds is 12. The summed E-state index contributed by atoms with van der Waals surface area (Å²) in [5, 5.41) is 2.74. The molecule has 2 aliphatic carbocycles. The maximum atomic E-state index is 13.8. The zero-order valence-electron chi connectivity index (χ0n) is 33.5. The number of H-pyrrole nitrogens is 2. The van der Waals surface area contributed by atoms with Gasteiger partial charge in [0, 0.05) is 50.8 Å². The first kappa shape index (κ1) is 38.7. The summed E-state index contributed by atoms with van der Waals surface area (Å²) in [7, 11) is 4.62. The Morgan fingerprint density at radius 3 is 2.12 bits per heavy atom. The van der Waals surface area contributed by atoms with Gasteiger partial charge in [-0.2, -0.15) is 0 Å². The van der Waals surface area contributed by atoms with Crippen molar-refractivity contribution in [3.63, 3.8) is 0 Å². The lowest BCUT2D eigenvalue weighted by Gasteiger charge is -2.30. The van der Waals surface area contributed by atoms with Crippen molar-refractivity contribution < 1.29 is 28.6 Å². The van der Waals surface area contributed by atoms with Crippen molar-refractivity contribution in [1.29, 1.82) is 0 Å². The third-order valence-electron chi connectivity index (χ3n) is 12.5. The van der Waals surface area contributed by atoms with Crippen molar-refractivity contribution >= 4 is 28.9 Å². The van der Waals surface area contributed by atoms with Crippen LogP contribution in [0.5, 0.6) is 0 Å². The number of aromatic amines is 2. The highest BCUT2D eigenvalue weighted by Crippen LogP contribution is 2.59.